The first-order valence-corrected chi connectivity index (χ1v) is 6.25. The summed E-state index contributed by atoms with van der Waals surface area (Å²) in [6, 6.07) is 6.06. The average Bonchev–Trinajstić information content (AvgIpc) is 2.64. The fourth-order valence-electron chi connectivity index (χ4n) is 2.34. The molecule has 1 aromatic heterocycles. The van der Waals surface area contributed by atoms with Gasteiger partial charge >= 0.3 is 0 Å². The van der Waals surface area contributed by atoms with Crippen molar-refractivity contribution in [2.24, 2.45) is 0 Å². The molecule has 0 aliphatic carbocycles. The third kappa shape index (κ3) is 2.09. The fourth-order valence-corrected chi connectivity index (χ4v) is 2.34. The normalized spacial score (nSPS) is 20.8. The molecule has 4 nitrogen and oxygen atoms in total. The van der Waals surface area contributed by atoms with Crippen molar-refractivity contribution in [1.82, 2.24) is 5.32 Å². The van der Waals surface area contributed by atoms with E-state index in [0.717, 1.165) is 41.9 Å². The van der Waals surface area contributed by atoms with Gasteiger partial charge in [-0.3, -0.25) is 0 Å². The van der Waals surface area contributed by atoms with Crippen LogP contribution < -0.4 is 10.1 Å². The molecule has 2 heterocycles. The maximum absolute atomic E-state index is 5.60. The molecule has 96 valence electrons. The second-order valence-electron chi connectivity index (χ2n) is 4.49. The number of rotatable bonds is 2. The van der Waals surface area contributed by atoms with Gasteiger partial charge in [-0.1, -0.05) is 0 Å². The van der Waals surface area contributed by atoms with Crippen LogP contribution in [0.25, 0.3) is 11.0 Å². The van der Waals surface area contributed by atoms with E-state index >= 15 is 0 Å². The van der Waals surface area contributed by atoms with Gasteiger partial charge in [0, 0.05) is 17.6 Å². The summed E-state index contributed by atoms with van der Waals surface area (Å²) < 4.78 is 16.5. The van der Waals surface area contributed by atoms with E-state index in [1.165, 1.54) is 0 Å². The molecule has 1 N–H and O–H groups in total. The number of hydrogen-bond acceptors (Lipinski definition) is 4. The van der Waals surface area contributed by atoms with Gasteiger partial charge in [0.05, 0.1) is 26.0 Å². The molecule has 0 saturated carbocycles. The highest BCUT2D eigenvalue weighted by Gasteiger charge is 2.19. The molecule has 0 bridgehead atoms. The van der Waals surface area contributed by atoms with Crippen molar-refractivity contribution in [3.05, 3.63) is 30.0 Å². The van der Waals surface area contributed by atoms with Crippen molar-refractivity contribution in [3.8, 4) is 5.75 Å². The largest absolute Gasteiger partial charge is 0.497 e. The van der Waals surface area contributed by atoms with Gasteiger partial charge < -0.3 is 19.2 Å². The van der Waals surface area contributed by atoms with E-state index in [-0.39, 0.29) is 6.04 Å². The van der Waals surface area contributed by atoms with Crippen molar-refractivity contribution in [1.29, 1.82) is 0 Å². The Balaban J connectivity index is 1.99. The maximum atomic E-state index is 5.60. The second kappa shape index (κ2) is 5.00. The standard InChI is InChI=1S/C14H17NO3/c1-16-10-3-4-14-11(7-10)12(8-18-14)13-9-17-6-2-5-15-13/h3-4,7-8,13,15H,2,5-6,9H2,1H3. The SMILES string of the molecule is COc1ccc2occ(C3COCCCN3)c2c1. The minimum Gasteiger partial charge on any atom is -0.497 e. The van der Waals surface area contributed by atoms with Crippen LogP contribution in [0.4, 0.5) is 0 Å². The third-order valence-corrected chi connectivity index (χ3v) is 3.33. The van der Waals surface area contributed by atoms with Crippen molar-refractivity contribution in [2.75, 3.05) is 26.9 Å². The second-order valence-corrected chi connectivity index (χ2v) is 4.49. The Morgan fingerprint density at radius 3 is 3.22 bits per heavy atom. The molecule has 0 radical (unpaired) electrons. The summed E-state index contributed by atoms with van der Waals surface area (Å²) in [7, 11) is 1.67. The van der Waals surface area contributed by atoms with Crippen molar-refractivity contribution >= 4 is 11.0 Å². The third-order valence-electron chi connectivity index (χ3n) is 3.33. The summed E-state index contributed by atoms with van der Waals surface area (Å²) >= 11 is 0. The number of benzene rings is 1. The lowest BCUT2D eigenvalue weighted by atomic mass is 10.1. The molecule has 1 fully saturated rings. The number of nitrogens with one attached hydrogen (secondary N) is 1. The van der Waals surface area contributed by atoms with Crippen LogP contribution in [-0.2, 0) is 4.74 Å². The van der Waals surface area contributed by atoms with Crippen molar-refractivity contribution < 1.29 is 13.9 Å². The predicted molar refractivity (Wildman–Crippen MR) is 68.9 cm³/mol. The molecular formula is C14H17NO3. The average molecular weight is 247 g/mol. The van der Waals surface area contributed by atoms with Crippen LogP contribution >= 0.6 is 0 Å². The number of ether oxygens (including phenoxy) is 2. The van der Waals surface area contributed by atoms with Gasteiger partial charge in [-0.15, -0.1) is 0 Å². The van der Waals surface area contributed by atoms with Crippen molar-refractivity contribution in [2.45, 2.75) is 12.5 Å². The Morgan fingerprint density at radius 1 is 1.39 bits per heavy atom. The smallest absolute Gasteiger partial charge is 0.134 e. The minimum atomic E-state index is 0.195. The molecule has 1 aliphatic rings. The van der Waals surface area contributed by atoms with Gasteiger partial charge in [0.1, 0.15) is 11.3 Å². The Morgan fingerprint density at radius 2 is 2.33 bits per heavy atom. The Kier molecular flexibility index (Phi) is 3.21. The first-order chi connectivity index (χ1) is 8.88. The predicted octanol–water partition coefficient (Wildman–Crippen LogP) is 2.49. The van der Waals surface area contributed by atoms with E-state index in [4.69, 9.17) is 13.9 Å². The maximum Gasteiger partial charge on any atom is 0.134 e. The van der Waals surface area contributed by atoms with Crippen LogP contribution in [0.1, 0.15) is 18.0 Å². The molecule has 1 aromatic carbocycles. The van der Waals surface area contributed by atoms with Crippen LogP contribution in [-0.4, -0.2) is 26.9 Å². The summed E-state index contributed by atoms with van der Waals surface area (Å²) in [6.45, 7) is 2.48. The number of fused-ring (bicyclic) bond motifs is 1. The summed E-state index contributed by atoms with van der Waals surface area (Å²) in [5, 5.41) is 4.58. The van der Waals surface area contributed by atoms with Gasteiger partial charge in [0.2, 0.25) is 0 Å². The Bertz CT molecular complexity index is 527. The number of hydrogen-bond donors (Lipinski definition) is 1. The van der Waals surface area contributed by atoms with Crippen LogP contribution in [0.15, 0.2) is 28.9 Å². The van der Waals surface area contributed by atoms with E-state index in [0.29, 0.717) is 6.61 Å². The van der Waals surface area contributed by atoms with Crippen molar-refractivity contribution in [3.63, 3.8) is 0 Å². The first-order valence-electron chi connectivity index (χ1n) is 6.25. The molecule has 1 atom stereocenters. The number of furan rings is 1. The van der Waals surface area contributed by atoms with Crippen LogP contribution in [0.5, 0.6) is 5.75 Å². The lowest BCUT2D eigenvalue weighted by Crippen LogP contribution is -2.23. The van der Waals surface area contributed by atoms with Gasteiger partial charge in [0.15, 0.2) is 0 Å². The summed E-state index contributed by atoms with van der Waals surface area (Å²) in [4.78, 5) is 0. The number of methoxy groups -OCH3 is 1. The monoisotopic (exact) mass is 247 g/mol. The molecule has 0 spiro atoms. The van der Waals surface area contributed by atoms with Gasteiger partial charge in [0.25, 0.3) is 0 Å². The first kappa shape index (κ1) is 11.6. The van der Waals surface area contributed by atoms with Crippen LogP contribution in [0.2, 0.25) is 0 Å². The van der Waals surface area contributed by atoms with E-state index in [9.17, 15) is 0 Å². The highest BCUT2D eigenvalue weighted by molar-refractivity contribution is 5.83. The Hall–Kier alpha value is -1.52. The molecule has 1 saturated heterocycles. The van der Waals surface area contributed by atoms with E-state index in [1.54, 1.807) is 7.11 Å². The zero-order valence-corrected chi connectivity index (χ0v) is 10.4. The molecule has 3 rings (SSSR count). The molecule has 18 heavy (non-hydrogen) atoms. The van der Waals surface area contributed by atoms with E-state index in [1.807, 2.05) is 24.5 Å². The zero-order valence-electron chi connectivity index (χ0n) is 10.4. The Labute approximate surface area is 106 Å². The highest BCUT2D eigenvalue weighted by atomic mass is 16.5. The molecule has 1 unspecified atom stereocenters. The summed E-state index contributed by atoms with van der Waals surface area (Å²) in [5.41, 5.74) is 2.03. The minimum absolute atomic E-state index is 0.195. The zero-order chi connectivity index (χ0) is 12.4. The van der Waals surface area contributed by atoms with E-state index in [2.05, 4.69) is 5.32 Å². The topological polar surface area (TPSA) is 43.6 Å². The fraction of sp³-hybridized carbons (Fsp3) is 0.429. The van der Waals surface area contributed by atoms with Gasteiger partial charge in [-0.2, -0.15) is 0 Å². The highest BCUT2D eigenvalue weighted by Crippen LogP contribution is 2.30. The van der Waals surface area contributed by atoms with Gasteiger partial charge in [-0.05, 0) is 31.2 Å². The molecule has 2 aromatic rings. The van der Waals surface area contributed by atoms with E-state index < -0.39 is 0 Å². The molecule has 0 amide bonds. The molecule has 1 aliphatic heterocycles. The lowest BCUT2D eigenvalue weighted by molar-refractivity contribution is 0.131. The molecule has 4 heteroatoms. The quantitative estimate of drug-likeness (QED) is 0.885. The summed E-state index contributed by atoms with van der Waals surface area (Å²) in [5.74, 6) is 0.847. The van der Waals surface area contributed by atoms with Crippen LogP contribution in [0, 0.1) is 0 Å². The lowest BCUT2D eigenvalue weighted by Gasteiger charge is -2.13. The van der Waals surface area contributed by atoms with Gasteiger partial charge in [-0.25, -0.2) is 0 Å². The summed E-state index contributed by atoms with van der Waals surface area (Å²) in [6.07, 6.45) is 2.87. The van der Waals surface area contributed by atoms with Crippen LogP contribution in [0.3, 0.4) is 0 Å². The molecular weight excluding hydrogens is 230 g/mol.